The molecule has 2 aromatic rings. The van der Waals surface area contributed by atoms with E-state index in [1.807, 2.05) is 44.2 Å². The SMILES string of the molecule is CC(C)(c1ccccc1)c1cccc(OF)c1S(C)(=O)=O. The van der Waals surface area contributed by atoms with Crippen LogP contribution in [0.25, 0.3) is 0 Å². The lowest BCUT2D eigenvalue weighted by molar-refractivity contribution is -0.0101. The third kappa shape index (κ3) is 2.93. The molecule has 3 nitrogen and oxygen atoms in total. The minimum Gasteiger partial charge on any atom is -0.293 e. The molecule has 2 aromatic carbocycles. The van der Waals surface area contributed by atoms with Crippen molar-refractivity contribution in [3.8, 4) is 5.75 Å². The van der Waals surface area contributed by atoms with Crippen LogP contribution in [0.3, 0.4) is 0 Å². The standard InChI is InChI=1S/C16H17FO3S/c1-16(2,12-8-5-4-6-9-12)13-10-7-11-14(20-17)15(13)21(3,18)19/h4-11H,1-3H3. The fourth-order valence-electron chi connectivity index (χ4n) is 2.46. The Morgan fingerprint density at radius 3 is 2.14 bits per heavy atom. The molecular weight excluding hydrogens is 291 g/mol. The lowest BCUT2D eigenvalue weighted by atomic mass is 9.78. The Labute approximate surface area is 124 Å². The van der Waals surface area contributed by atoms with Gasteiger partial charge >= 0.3 is 0 Å². The van der Waals surface area contributed by atoms with E-state index in [0.29, 0.717) is 5.56 Å². The zero-order valence-electron chi connectivity index (χ0n) is 12.1. The molecule has 0 fully saturated rings. The fraction of sp³-hybridized carbons (Fsp3) is 0.250. The van der Waals surface area contributed by atoms with Gasteiger partial charge in [0.25, 0.3) is 0 Å². The van der Waals surface area contributed by atoms with Gasteiger partial charge < -0.3 is 0 Å². The highest BCUT2D eigenvalue weighted by atomic mass is 32.2. The van der Waals surface area contributed by atoms with E-state index >= 15 is 0 Å². The third-order valence-corrected chi connectivity index (χ3v) is 4.76. The van der Waals surface area contributed by atoms with Gasteiger partial charge in [0.2, 0.25) is 0 Å². The van der Waals surface area contributed by atoms with Crippen molar-refractivity contribution in [2.24, 2.45) is 0 Å². The minimum absolute atomic E-state index is 0.110. The predicted octanol–water partition coefficient (Wildman–Crippen LogP) is 3.68. The molecule has 2 rings (SSSR count). The van der Waals surface area contributed by atoms with Crippen molar-refractivity contribution in [1.29, 1.82) is 0 Å². The van der Waals surface area contributed by atoms with Crippen molar-refractivity contribution in [3.63, 3.8) is 0 Å². The smallest absolute Gasteiger partial charge is 0.190 e. The Balaban J connectivity index is 2.75. The first-order chi connectivity index (χ1) is 9.78. The van der Waals surface area contributed by atoms with E-state index in [1.165, 1.54) is 6.07 Å². The second-order valence-electron chi connectivity index (χ2n) is 5.47. The Kier molecular flexibility index (Phi) is 4.05. The van der Waals surface area contributed by atoms with Gasteiger partial charge in [0.05, 0.1) is 0 Å². The Morgan fingerprint density at radius 2 is 1.62 bits per heavy atom. The topological polar surface area (TPSA) is 43.4 Å². The lowest BCUT2D eigenvalue weighted by Gasteiger charge is -2.28. The molecule has 0 saturated heterocycles. The van der Waals surface area contributed by atoms with Crippen LogP contribution in [0.5, 0.6) is 5.75 Å². The Bertz CT molecular complexity index is 737. The first-order valence-electron chi connectivity index (χ1n) is 6.46. The van der Waals surface area contributed by atoms with Crippen LogP contribution in [0.1, 0.15) is 25.0 Å². The molecule has 112 valence electrons. The second kappa shape index (κ2) is 5.48. The molecule has 0 saturated carbocycles. The van der Waals surface area contributed by atoms with Gasteiger partial charge in [-0.15, -0.1) is 0 Å². The van der Waals surface area contributed by atoms with E-state index in [9.17, 15) is 12.9 Å². The highest BCUT2D eigenvalue weighted by molar-refractivity contribution is 7.90. The highest BCUT2D eigenvalue weighted by Gasteiger charge is 2.31. The van der Waals surface area contributed by atoms with Gasteiger partial charge in [-0.3, -0.25) is 4.94 Å². The maximum absolute atomic E-state index is 12.7. The monoisotopic (exact) mass is 308 g/mol. The molecule has 0 aromatic heterocycles. The quantitative estimate of drug-likeness (QED) is 0.865. The van der Waals surface area contributed by atoms with Crippen molar-refractivity contribution in [3.05, 3.63) is 59.7 Å². The molecule has 0 aliphatic heterocycles. The number of sulfone groups is 1. The number of hydrogen-bond donors (Lipinski definition) is 0. The number of halogens is 1. The average Bonchev–Trinajstić information content (AvgIpc) is 2.46. The van der Waals surface area contributed by atoms with Crippen molar-refractivity contribution in [2.45, 2.75) is 24.2 Å². The molecule has 0 heterocycles. The van der Waals surface area contributed by atoms with E-state index in [4.69, 9.17) is 0 Å². The largest absolute Gasteiger partial charge is 0.293 e. The van der Waals surface area contributed by atoms with Crippen molar-refractivity contribution >= 4 is 9.84 Å². The summed E-state index contributed by atoms with van der Waals surface area (Å²) in [7, 11) is -3.63. The number of hydrogen-bond acceptors (Lipinski definition) is 3. The zero-order chi connectivity index (χ0) is 15.7. The molecule has 0 aliphatic carbocycles. The van der Waals surface area contributed by atoms with Gasteiger partial charge in [-0.1, -0.05) is 56.3 Å². The van der Waals surface area contributed by atoms with Gasteiger partial charge in [0, 0.05) is 16.2 Å². The average molecular weight is 308 g/mol. The van der Waals surface area contributed by atoms with Gasteiger partial charge in [-0.25, -0.2) is 8.42 Å². The zero-order valence-corrected chi connectivity index (χ0v) is 12.9. The molecule has 5 heteroatoms. The van der Waals surface area contributed by atoms with Crippen molar-refractivity contribution < 1.29 is 17.9 Å². The summed E-state index contributed by atoms with van der Waals surface area (Å²) in [5.41, 5.74) is 0.839. The fourth-order valence-corrected chi connectivity index (χ4v) is 3.65. The molecule has 21 heavy (non-hydrogen) atoms. The van der Waals surface area contributed by atoms with Crippen LogP contribution < -0.4 is 4.94 Å². The van der Waals surface area contributed by atoms with Gasteiger partial charge in [0.1, 0.15) is 4.90 Å². The summed E-state index contributed by atoms with van der Waals surface area (Å²) in [6.07, 6.45) is 1.05. The van der Waals surface area contributed by atoms with Gasteiger partial charge in [0.15, 0.2) is 15.6 Å². The van der Waals surface area contributed by atoms with Crippen LogP contribution in [0.4, 0.5) is 4.53 Å². The van der Waals surface area contributed by atoms with Crippen LogP contribution >= 0.6 is 0 Å². The van der Waals surface area contributed by atoms with Crippen LogP contribution in [0.2, 0.25) is 0 Å². The van der Waals surface area contributed by atoms with Crippen LogP contribution in [0, 0.1) is 0 Å². The lowest BCUT2D eigenvalue weighted by Crippen LogP contribution is -2.22. The second-order valence-corrected chi connectivity index (χ2v) is 7.43. The minimum atomic E-state index is -3.63. The molecular formula is C16H17FO3S. The van der Waals surface area contributed by atoms with Crippen molar-refractivity contribution in [1.82, 2.24) is 0 Å². The van der Waals surface area contributed by atoms with Gasteiger partial charge in [-0.05, 0) is 17.2 Å². The summed E-state index contributed by atoms with van der Waals surface area (Å²) in [4.78, 5) is 3.65. The summed E-state index contributed by atoms with van der Waals surface area (Å²) < 4.78 is 36.9. The van der Waals surface area contributed by atoms with Gasteiger partial charge in [-0.2, -0.15) is 0 Å². The molecule has 0 N–H and O–H groups in total. The maximum atomic E-state index is 12.7. The first-order valence-corrected chi connectivity index (χ1v) is 8.35. The Morgan fingerprint density at radius 1 is 1.00 bits per heavy atom. The summed E-state index contributed by atoms with van der Waals surface area (Å²) in [5.74, 6) is -0.279. The summed E-state index contributed by atoms with van der Waals surface area (Å²) in [5, 5.41) is 0. The van der Waals surface area contributed by atoms with E-state index in [1.54, 1.807) is 12.1 Å². The summed E-state index contributed by atoms with van der Waals surface area (Å²) in [6.45, 7) is 3.79. The molecule has 0 bridgehead atoms. The van der Waals surface area contributed by atoms with Crippen LogP contribution in [-0.4, -0.2) is 14.7 Å². The summed E-state index contributed by atoms with van der Waals surface area (Å²) >= 11 is 0. The maximum Gasteiger partial charge on any atom is 0.190 e. The molecule has 0 spiro atoms. The van der Waals surface area contributed by atoms with E-state index in [-0.39, 0.29) is 10.6 Å². The molecule has 0 aliphatic rings. The normalized spacial score (nSPS) is 12.2. The highest BCUT2D eigenvalue weighted by Crippen LogP contribution is 2.39. The molecule has 0 atom stereocenters. The van der Waals surface area contributed by atoms with E-state index in [2.05, 4.69) is 4.94 Å². The molecule has 0 unspecified atom stereocenters. The summed E-state index contributed by atoms with van der Waals surface area (Å²) in [6, 6.07) is 14.1. The van der Waals surface area contributed by atoms with Crippen molar-refractivity contribution in [2.75, 3.05) is 6.26 Å². The van der Waals surface area contributed by atoms with E-state index < -0.39 is 15.3 Å². The third-order valence-electron chi connectivity index (χ3n) is 3.60. The Hall–Kier alpha value is -1.88. The number of rotatable bonds is 4. The molecule has 0 radical (unpaired) electrons. The first kappa shape index (κ1) is 15.5. The number of benzene rings is 2. The predicted molar refractivity (Wildman–Crippen MR) is 79.9 cm³/mol. The van der Waals surface area contributed by atoms with Crippen LogP contribution in [-0.2, 0) is 15.3 Å². The van der Waals surface area contributed by atoms with Crippen LogP contribution in [0.15, 0.2) is 53.4 Å². The van der Waals surface area contributed by atoms with E-state index in [0.717, 1.165) is 11.8 Å². The molecule has 0 amide bonds.